The Morgan fingerprint density at radius 2 is 2.05 bits per heavy atom. The van der Waals surface area contributed by atoms with Gasteiger partial charge in [0, 0.05) is 32.9 Å². The highest BCUT2D eigenvalue weighted by atomic mass is 16.2. The smallest absolute Gasteiger partial charge is 0.271 e. The molecule has 1 saturated heterocycles. The van der Waals surface area contributed by atoms with Crippen LogP contribution in [0.4, 0.5) is 5.69 Å². The summed E-state index contributed by atoms with van der Waals surface area (Å²) in [6, 6.07) is 1.48. The fourth-order valence-corrected chi connectivity index (χ4v) is 2.81. The van der Waals surface area contributed by atoms with Crippen LogP contribution in [0.2, 0.25) is 0 Å². The molecule has 21 heavy (non-hydrogen) atoms. The van der Waals surface area contributed by atoms with Crippen LogP contribution in [0.5, 0.6) is 0 Å². The fourth-order valence-electron chi connectivity index (χ4n) is 2.81. The van der Waals surface area contributed by atoms with E-state index in [-0.39, 0.29) is 23.9 Å². The quantitative estimate of drug-likeness (QED) is 0.914. The van der Waals surface area contributed by atoms with Gasteiger partial charge in [0.25, 0.3) is 5.91 Å². The second-order valence-corrected chi connectivity index (χ2v) is 6.05. The molecule has 0 spiro atoms. The number of carbonyl (C=O) groups is 2. The second kappa shape index (κ2) is 5.79. The number of aromatic nitrogens is 1. The molecule has 2 N–H and O–H groups in total. The Hall–Kier alpha value is -1.98. The van der Waals surface area contributed by atoms with Crippen molar-refractivity contribution >= 4 is 17.5 Å². The van der Waals surface area contributed by atoms with E-state index >= 15 is 0 Å². The lowest BCUT2D eigenvalue weighted by atomic mass is 10.2. The highest BCUT2D eigenvalue weighted by Crippen LogP contribution is 2.24. The summed E-state index contributed by atoms with van der Waals surface area (Å²) >= 11 is 0. The molecule has 6 heteroatoms. The molecule has 2 rings (SSSR count). The average molecular weight is 292 g/mol. The zero-order valence-corrected chi connectivity index (χ0v) is 13.2. The van der Waals surface area contributed by atoms with E-state index < -0.39 is 0 Å². The molecule has 1 unspecified atom stereocenters. The normalized spacial score (nSPS) is 18.3. The average Bonchev–Trinajstić information content (AvgIpc) is 3.02. The number of nitrogen functional groups attached to an aromatic ring is 1. The van der Waals surface area contributed by atoms with E-state index in [1.165, 1.54) is 0 Å². The van der Waals surface area contributed by atoms with E-state index in [2.05, 4.69) is 0 Å². The van der Waals surface area contributed by atoms with Gasteiger partial charge in [-0.25, -0.2) is 0 Å². The van der Waals surface area contributed by atoms with Crippen LogP contribution in [0.1, 0.15) is 43.2 Å². The molecule has 0 aromatic carbocycles. The van der Waals surface area contributed by atoms with Crippen molar-refractivity contribution in [1.29, 1.82) is 0 Å². The molecule has 1 atom stereocenters. The van der Waals surface area contributed by atoms with Crippen molar-refractivity contribution in [3.05, 3.63) is 18.0 Å². The standard InChI is InChI=1S/C15H24N4O2/c1-10(2)19-9-11(16)8-13(19)15(21)18-7-5-6-12(18)14(20)17(3)4/h8-10,12H,5-7,16H2,1-4H3. The molecule has 2 amide bonds. The van der Waals surface area contributed by atoms with Gasteiger partial charge in [0.2, 0.25) is 5.91 Å². The monoisotopic (exact) mass is 292 g/mol. The zero-order valence-electron chi connectivity index (χ0n) is 13.2. The topological polar surface area (TPSA) is 71.6 Å². The number of carbonyl (C=O) groups excluding carboxylic acids is 2. The first-order valence-electron chi connectivity index (χ1n) is 7.32. The molecule has 6 nitrogen and oxygen atoms in total. The van der Waals surface area contributed by atoms with Crippen molar-refractivity contribution in [2.45, 2.75) is 38.8 Å². The largest absolute Gasteiger partial charge is 0.397 e. The minimum absolute atomic E-state index is 0.0172. The van der Waals surface area contributed by atoms with E-state index in [0.717, 1.165) is 12.8 Å². The number of hydrogen-bond donors (Lipinski definition) is 1. The third kappa shape index (κ3) is 2.89. The summed E-state index contributed by atoms with van der Waals surface area (Å²) in [6.07, 6.45) is 3.35. The summed E-state index contributed by atoms with van der Waals surface area (Å²) < 4.78 is 1.87. The first-order chi connectivity index (χ1) is 9.82. The third-order valence-corrected chi connectivity index (χ3v) is 3.88. The predicted molar refractivity (Wildman–Crippen MR) is 82.0 cm³/mol. The maximum Gasteiger partial charge on any atom is 0.271 e. The highest BCUT2D eigenvalue weighted by molar-refractivity contribution is 5.97. The first-order valence-corrected chi connectivity index (χ1v) is 7.32. The maximum atomic E-state index is 12.8. The van der Waals surface area contributed by atoms with E-state index in [1.807, 2.05) is 18.4 Å². The number of hydrogen-bond acceptors (Lipinski definition) is 3. The van der Waals surface area contributed by atoms with Crippen LogP contribution < -0.4 is 5.73 Å². The summed E-state index contributed by atoms with van der Waals surface area (Å²) in [7, 11) is 3.44. The van der Waals surface area contributed by atoms with Gasteiger partial charge < -0.3 is 20.1 Å². The number of anilines is 1. The van der Waals surface area contributed by atoms with Crippen LogP contribution in [-0.4, -0.2) is 52.9 Å². The molecule has 116 valence electrons. The molecular weight excluding hydrogens is 268 g/mol. The summed E-state index contributed by atoms with van der Waals surface area (Å²) in [4.78, 5) is 28.2. The Labute approximate surface area is 125 Å². The van der Waals surface area contributed by atoms with E-state index in [0.29, 0.717) is 17.9 Å². The highest BCUT2D eigenvalue weighted by Gasteiger charge is 2.36. The Morgan fingerprint density at radius 3 is 2.62 bits per heavy atom. The summed E-state index contributed by atoms with van der Waals surface area (Å²) in [6.45, 7) is 4.62. The lowest BCUT2D eigenvalue weighted by Crippen LogP contribution is -2.45. The van der Waals surface area contributed by atoms with Crippen molar-refractivity contribution in [3.8, 4) is 0 Å². The Kier molecular flexibility index (Phi) is 4.25. The minimum Gasteiger partial charge on any atom is -0.397 e. The Balaban J connectivity index is 2.29. The van der Waals surface area contributed by atoms with Crippen LogP contribution >= 0.6 is 0 Å². The van der Waals surface area contributed by atoms with E-state index in [9.17, 15) is 9.59 Å². The molecule has 0 bridgehead atoms. The molecule has 0 radical (unpaired) electrons. The Bertz CT molecular complexity index is 548. The molecule has 0 aliphatic carbocycles. The number of likely N-dealkylation sites (tertiary alicyclic amines) is 1. The van der Waals surface area contributed by atoms with Gasteiger partial charge in [-0.05, 0) is 32.8 Å². The summed E-state index contributed by atoms with van der Waals surface area (Å²) in [5, 5.41) is 0. The Morgan fingerprint density at radius 1 is 1.38 bits per heavy atom. The van der Waals surface area contributed by atoms with Gasteiger partial charge in [0.1, 0.15) is 11.7 Å². The third-order valence-electron chi connectivity index (χ3n) is 3.88. The lowest BCUT2D eigenvalue weighted by Gasteiger charge is -2.27. The molecular formula is C15H24N4O2. The van der Waals surface area contributed by atoms with Gasteiger partial charge in [-0.2, -0.15) is 0 Å². The summed E-state index contributed by atoms with van der Waals surface area (Å²) in [5.41, 5.74) is 6.96. The van der Waals surface area contributed by atoms with Crippen molar-refractivity contribution in [2.75, 3.05) is 26.4 Å². The minimum atomic E-state index is -0.357. The number of nitrogens with zero attached hydrogens (tertiary/aromatic N) is 3. The molecule has 1 aromatic heterocycles. The number of nitrogens with two attached hydrogens (primary N) is 1. The van der Waals surface area contributed by atoms with Gasteiger partial charge in [0.15, 0.2) is 0 Å². The van der Waals surface area contributed by atoms with Crippen LogP contribution in [0.25, 0.3) is 0 Å². The first kappa shape index (κ1) is 15.4. The van der Waals surface area contributed by atoms with Gasteiger partial charge >= 0.3 is 0 Å². The van der Waals surface area contributed by atoms with Crippen LogP contribution in [-0.2, 0) is 4.79 Å². The number of rotatable bonds is 3. The maximum absolute atomic E-state index is 12.8. The molecule has 1 aliphatic rings. The molecule has 2 heterocycles. The SMILES string of the molecule is CC(C)n1cc(N)cc1C(=O)N1CCCC1C(=O)N(C)C. The van der Waals surface area contributed by atoms with Crippen LogP contribution in [0.3, 0.4) is 0 Å². The van der Waals surface area contributed by atoms with E-state index in [4.69, 9.17) is 5.73 Å². The molecule has 1 aliphatic heterocycles. The molecule has 0 saturated carbocycles. The fraction of sp³-hybridized carbons (Fsp3) is 0.600. The number of likely N-dealkylation sites (N-methyl/N-ethyl adjacent to an activating group) is 1. The molecule has 1 fully saturated rings. The predicted octanol–water partition coefficient (Wildman–Crippen LogP) is 1.34. The van der Waals surface area contributed by atoms with Gasteiger partial charge in [-0.15, -0.1) is 0 Å². The number of amides is 2. The zero-order chi connectivity index (χ0) is 15.7. The molecule has 1 aromatic rings. The van der Waals surface area contributed by atoms with Crippen molar-refractivity contribution in [3.63, 3.8) is 0 Å². The van der Waals surface area contributed by atoms with E-state index in [1.54, 1.807) is 36.2 Å². The van der Waals surface area contributed by atoms with Gasteiger partial charge in [-0.1, -0.05) is 0 Å². The van der Waals surface area contributed by atoms with Crippen molar-refractivity contribution in [2.24, 2.45) is 0 Å². The van der Waals surface area contributed by atoms with Gasteiger partial charge in [0.05, 0.1) is 5.69 Å². The summed E-state index contributed by atoms with van der Waals surface area (Å²) in [5.74, 6) is -0.130. The van der Waals surface area contributed by atoms with Crippen LogP contribution in [0.15, 0.2) is 12.3 Å². The lowest BCUT2D eigenvalue weighted by molar-refractivity contribution is -0.132. The second-order valence-electron chi connectivity index (χ2n) is 6.05. The van der Waals surface area contributed by atoms with Crippen molar-refractivity contribution in [1.82, 2.24) is 14.4 Å². The van der Waals surface area contributed by atoms with Gasteiger partial charge in [-0.3, -0.25) is 9.59 Å². The van der Waals surface area contributed by atoms with Crippen molar-refractivity contribution < 1.29 is 9.59 Å². The van der Waals surface area contributed by atoms with Crippen LogP contribution in [0, 0.1) is 0 Å².